The molecule has 30 heavy (non-hydrogen) atoms. The van der Waals surface area contributed by atoms with Crippen molar-refractivity contribution < 1.29 is 9.47 Å². The lowest BCUT2D eigenvalue weighted by molar-refractivity contribution is 0.355. The Balaban J connectivity index is 1.97. The van der Waals surface area contributed by atoms with Crippen LogP contribution in [0.25, 0.3) is 16.7 Å². The molecule has 0 aliphatic heterocycles. The first-order valence-electron chi connectivity index (χ1n) is 10.2. The molecule has 3 aromatic carbocycles. The Kier molecular flexibility index (Phi) is 6.93. The highest BCUT2D eigenvalue weighted by Gasteiger charge is 2.10. The van der Waals surface area contributed by atoms with Gasteiger partial charge in [0.05, 0.1) is 20.3 Å². The number of ether oxygens (including phenoxy) is 2. The van der Waals surface area contributed by atoms with E-state index in [2.05, 4.69) is 62.4 Å². The molecule has 3 heteroatoms. The lowest BCUT2D eigenvalue weighted by Crippen LogP contribution is -1.95. The minimum Gasteiger partial charge on any atom is -0.493 e. The van der Waals surface area contributed by atoms with Crippen molar-refractivity contribution in [1.82, 2.24) is 0 Å². The fourth-order valence-corrected chi connectivity index (χ4v) is 3.72. The Labute approximate surface area is 179 Å². The van der Waals surface area contributed by atoms with Crippen LogP contribution in [0.1, 0.15) is 36.1 Å². The lowest BCUT2D eigenvalue weighted by Gasteiger charge is -2.13. The SMILES string of the molecule is CCc1ccc(C(=CC#N)c2ccc(-c3ccc(OC)c(OC)c3)cc2)cc1CC. The van der Waals surface area contributed by atoms with E-state index in [9.17, 15) is 5.26 Å². The summed E-state index contributed by atoms with van der Waals surface area (Å²) in [6, 6.07) is 22.9. The molecule has 0 saturated carbocycles. The van der Waals surface area contributed by atoms with Crippen LogP contribution in [0, 0.1) is 11.3 Å². The minimum atomic E-state index is 0.701. The molecule has 0 bridgehead atoms. The number of hydrogen-bond acceptors (Lipinski definition) is 3. The Morgan fingerprint density at radius 1 is 0.767 bits per heavy atom. The molecule has 0 aromatic heterocycles. The smallest absolute Gasteiger partial charge is 0.161 e. The first kappa shape index (κ1) is 21.2. The summed E-state index contributed by atoms with van der Waals surface area (Å²) in [6.07, 6.45) is 3.63. The van der Waals surface area contributed by atoms with E-state index in [0.29, 0.717) is 11.5 Å². The minimum absolute atomic E-state index is 0.701. The van der Waals surface area contributed by atoms with Crippen molar-refractivity contribution in [3.63, 3.8) is 0 Å². The number of hydrogen-bond donors (Lipinski definition) is 0. The van der Waals surface area contributed by atoms with E-state index in [0.717, 1.165) is 40.7 Å². The number of nitrogens with zero attached hydrogens (tertiary/aromatic N) is 1. The molecule has 0 spiro atoms. The van der Waals surface area contributed by atoms with E-state index in [1.165, 1.54) is 11.1 Å². The van der Waals surface area contributed by atoms with E-state index in [4.69, 9.17) is 9.47 Å². The van der Waals surface area contributed by atoms with E-state index in [1.54, 1.807) is 20.3 Å². The molecule has 3 nitrogen and oxygen atoms in total. The third-order valence-electron chi connectivity index (χ3n) is 5.40. The van der Waals surface area contributed by atoms with Crippen LogP contribution in [0.3, 0.4) is 0 Å². The van der Waals surface area contributed by atoms with Crippen molar-refractivity contribution in [2.24, 2.45) is 0 Å². The van der Waals surface area contributed by atoms with E-state index < -0.39 is 0 Å². The van der Waals surface area contributed by atoms with Crippen molar-refractivity contribution in [2.75, 3.05) is 14.2 Å². The molecule has 0 amide bonds. The first-order chi connectivity index (χ1) is 14.6. The van der Waals surface area contributed by atoms with Crippen molar-refractivity contribution in [3.8, 4) is 28.7 Å². The molecule has 0 aliphatic carbocycles. The highest BCUT2D eigenvalue weighted by atomic mass is 16.5. The average molecular weight is 398 g/mol. The Hall–Kier alpha value is -3.51. The van der Waals surface area contributed by atoms with Gasteiger partial charge in [-0.2, -0.15) is 5.26 Å². The van der Waals surface area contributed by atoms with E-state index >= 15 is 0 Å². The standard InChI is InChI=1S/C27H27NO2/c1-5-19-7-12-24(17-20(19)6-2)25(15-16-28)22-10-8-21(9-11-22)23-13-14-26(29-3)27(18-23)30-4/h7-15,17-18H,5-6H2,1-4H3. The highest BCUT2D eigenvalue weighted by Crippen LogP contribution is 2.33. The van der Waals surface area contributed by atoms with Gasteiger partial charge in [-0.15, -0.1) is 0 Å². The maximum Gasteiger partial charge on any atom is 0.161 e. The average Bonchev–Trinajstić information content (AvgIpc) is 2.81. The van der Waals surface area contributed by atoms with Crippen LogP contribution >= 0.6 is 0 Å². The summed E-state index contributed by atoms with van der Waals surface area (Å²) in [4.78, 5) is 0. The molecule has 0 saturated heterocycles. The maximum absolute atomic E-state index is 9.37. The summed E-state index contributed by atoms with van der Waals surface area (Å²) >= 11 is 0. The zero-order valence-corrected chi connectivity index (χ0v) is 18.0. The zero-order chi connectivity index (χ0) is 21.5. The van der Waals surface area contributed by atoms with Crippen molar-refractivity contribution in [2.45, 2.75) is 26.7 Å². The van der Waals surface area contributed by atoms with Crippen molar-refractivity contribution >= 4 is 5.57 Å². The third kappa shape index (κ3) is 4.39. The summed E-state index contributed by atoms with van der Waals surface area (Å²) in [7, 11) is 3.27. The number of methoxy groups -OCH3 is 2. The summed E-state index contributed by atoms with van der Waals surface area (Å²) in [5.41, 5.74) is 7.85. The number of aryl methyl sites for hydroxylation is 2. The van der Waals surface area contributed by atoms with Crippen LogP contribution in [-0.2, 0) is 12.8 Å². The molecular weight excluding hydrogens is 370 g/mol. The van der Waals surface area contributed by atoms with Gasteiger partial charge in [0, 0.05) is 6.08 Å². The number of allylic oxidation sites excluding steroid dienone is 1. The fraction of sp³-hybridized carbons (Fsp3) is 0.222. The van der Waals surface area contributed by atoms with Crippen molar-refractivity contribution in [1.29, 1.82) is 5.26 Å². The molecule has 152 valence electrons. The normalized spacial score (nSPS) is 11.1. The molecule has 3 rings (SSSR count). The van der Waals surface area contributed by atoms with Gasteiger partial charge in [0.2, 0.25) is 0 Å². The van der Waals surface area contributed by atoms with Crippen LogP contribution in [0.2, 0.25) is 0 Å². The second-order valence-corrected chi connectivity index (χ2v) is 7.02. The molecular formula is C27H27NO2. The predicted octanol–water partition coefficient (Wildman–Crippen LogP) is 6.45. The summed E-state index contributed by atoms with van der Waals surface area (Å²) in [5, 5.41) is 9.37. The molecule has 0 radical (unpaired) electrons. The van der Waals surface area contributed by atoms with Gasteiger partial charge in [0.1, 0.15) is 0 Å². The number of nitriles is 1. The maximum atomic E-state index is 9.37. The summed E-state index contributed by atoms with van der Waals surface area (Å²) in [5.74, 6) is 1.41. The lowest BCUT2D eigenvalue weighted by atomic mass is 9.92. The summed E-state index contributed by atoms with van der Waals surface area (Å²) < 4.78 is 10.7. The van der Waals surface area contributed by atoms with E-state index in [-0.39, 0.29) is 0 Å². The second-order valence-electron chi connectivity index (χ2n) is 7.02. The Bertz CT molecular complexity index is 1090. The Morgan fingerprint density at radius 2 is 1.40 bits per heavy atom. The second kappa shape index (κ2) is 9.80. The van der Waals surface area contributed by atoms with Crippen LogP contribution in [0.4, 0.5) is 0 Å². The predicted molar refractivity (Wildman–Crippen MR) is 123 cm³/mol. The van der Waals surface area contributed by atoms with Crippen LogP contribution < -0.4 is 9.47 Å². The third-order valence-corrected chi connectivity index (χ3v) is 5.40. The molecule has 0 N–H and O–H groups in total. The van der Waals surface area contributed by atoms with Gasteiger partial charge in [-0.3, -0.25) is 0 Å². The van der Waals surface area contributed by atoms with Crippen LogP contribution in [0.15, 0.2) is 66.7 Å². The first-order valence-corrected chi connectivity index (χ1v) is 10.2. The molecule has 0 unspecified atom stereocenters. The van der Waals surface area contributed by atoms with E-state index in [1.807, 2.05) is 18.2 Å². The van der Waals surface area contributed by atoms with Gasteiger partial charge in [-0.1, -0.05) is 62.4 Å². The summed E-state index contributed by atoms with van der Waals surface area (Å²) in [6.45, 7) is 4.34. The van der Waals surface area contributed by atoms with Gasteiger partial charge in [-0.25, -0.2) is 0 Å². The molecule has 3 aromatic rings. The molecule has 0 fully saturated rings. The molecule has 0 heterocycles. The van der Waals surface area contributed by atoms with Gasteiger partial charge in [0.15, 0.2) is 11.5 Å². The van der Waals surface area contributed by atoms with Gasteiger partial charge in [0.25, 0.3) is 0 Å². The van der Waals surface area contributed by atoms with Gasteiger partial charge >= 0.3 is 0 Å². The van der Waals surface area contributed by atoms with Gasteiger partial charge < -0.3 is 9.47 Å². The van der Waals surface area contributed by atoms with Crippen LogP contribution in [0.5, 0.6) is 11.5 Å². The molecule has 0 aliphatic rings. The fourth-order valence-electron chi connectivity index (χ4n) is 3.72. The monoisotopic (exact) mass is 397 g/mol. The zero-order valence-electron chi connectivity index (χ0n) is 18.0. The number of benzene rings is 3. The topological polar surface area (TPSA) is 42.2 Å². The molecule has 0 atom stereocenters. The largest absolute Gasteiger partial charge is 0.493 e. The quantitative estimate of drug-likeness (QED) is 0.430. The Morgan fingerprint density at radius 3 is 2.00 bits per heavy atom. The van der Waals surface area contributed by atoms with Crippen molar-refractivity contribution in [3.05, 3.63) is 89.0 Å². The van der Waals surface area contributed by atoms with Gasteiger partial charge in [-0.05, 0) is 63.9 Å². The number of rotatable bonds is 7. The highest BCUT2D eigenvalue weighted by molar-refractivity contribution is 5.82. The van der Waals surface area contributed by atoms with Crippen LogP contribution in [-0.4, -0.2) is 14.2 Å².